The van der Waals surface area contributed by atoms with Gasteiger partial charge in [0.25, 0.3) is 10.0 Å². The molecule has 44 heavy (non-hydrogen) atoms. The predicted molar refractivity (Wildman–Crippen MR) is 171 cm³/mol. The van der Waals surface area contributed by atoms with Gasteiger partial charge in [-0.15, -0.1) is 0 Å². The largest absolute Gasteiger partial charge is 0.477 e. The first-order valence-electron chi connectivity index (χ1n) is 15.5. The van der Waals surface area contributed by atoms with E-state index in [1.54, 1.807) is 18.2 Å². The Morgan fingerprint density at radius 3 is 2.43 bits per heavy atom. The molecule has 236 valence electrons. The molecule has 2 aliphatic rings. The van der Waals surface area contributed by atoms with Gasteiger partial charge in [-0.3, -0.25) is 0 Å². The summed E-state index contributed by atoms with van der Waals surface area (Å²) in [6.07, 6.45) is 2.19. The molecule has 1 saturated carbocycles. The summed E-state index contributed by atoms with van der Waals surface area (Å²) in [5.74, 6) is 1.56. The van der Waals surface area contributed by atoms with Crippen LogP contribution in [0.1, 0.15) is 69.6 Å². The predicted octanol–water partition coefficient (Wildman–Crippen LogP) is 6.86. The van der Waals surface area contributed by atoms with Crippen molar-refractivity contribution in [3.63, 3.8) is 0 Å². The van der Waals surface area contributed by atoms with Crippen LogP contribution in [0.4, 0.5) is 10.7 Å². The Morgan fingerprint density at radius 1 is 1.05 bits per heavy atom. The van der Waals surface area contributed by atoms with Crippen LogP contribution in [0.15, 0.2) is 53.4 Å². The van der Waals surface area contributed by atoms with Crippen molar-refractivity contribution in [1.29, 1.82) is 0 Å². The molecule has 2 atom stereocenters. The van der Waals surface area contributed by atoms with E-state index in [0.29, 0.717) is 42.5 Å². The molecule has 10 heteroatoms. The van der Waals surface area contributed by atoms with Crippen molar-refractivity contribution in [2.45, 2.75) is 77.7 Å². The zero-order valence-electron chi connectivity index (χ0n) is 26.5. The molecule has 9 nitrogen and oxygen atoms in total. The molecule has 1 aliphatic heterocycles. The fraction of sp³-hybridized carbons (Fsp3) is 0.500. The molecule has 0 radical (unpaired) electrons. The number of ether oxygens (including phenoxy) is 2. The lowest BCUT2D eigenvalue weighted by Crippen LogP contribution is -2.41. The van der Waals surface area contributed by atoms with Gasteiger partial charge in [0, 0.05) is 24.1 Å². The van der Waals surface area contributed by atoms with E-state index in [9.17, 15) is 13.2 Å². The molecular formula is C34H44N4O5S. The number of nitrogens with one attached hydrogen (secondary N) is 2. The number of fused-ring (bicyclic) bond motifs is 4. The number of aryl methyl sites for hydroxylation is 2. The number of rotatable bonds is 7. The smallest absolute Gasteiger partial charge is 0.407 e. The monoisotopic (exact) mass is 620 g/mol. The Kier molecular flexibility index (Phi) is 9.48. The minimum absolute atomic E-state index is 0.0200. The van der Waals surface area contributed by atoms with Crippen LogP contribution < -0.4 is 14.8 Å². The lowest BCUT2D eigenvalue weighted by Gasteiger charge is -2.44. The van der Waals surface area contributed by atoms with Gasteiger partial charge in [0.05, 0.1) is 23.3 Å². The molecule has 0 spiro atoms. The Labute approximate surface area is 261 Å². The van der Waals surface area contributed by atoms with Gasteiger partial charge < -0.3 is 14.8 Å². The number of anilines is 1. The summed E-state index contributed by atoms with van der Waals surface area (Å²) in [5.41, 5.74) is 4.58. The highest BCUT2D eigenvalue weighted by Gasteiger charge is 2.40. The Balaban J connectivity index is 1.50. The fourth-order valence-corrected chi connectivity index (χ4v) is 7.73. The molecule has 2 heterocycles. The first kappa shape index (κ1) is 31.8. The molecule has 1 aliphatic carbocycles. The molecule has 1 amide bonds. The number of carbonyl (C=O) groups is 1. The Hall–Kier alpha value is -3.66. The maximum atomic E-state index is 13.7. The summed E-state index contributed by atoms with van der Waals surface area (Å²) < 4.78 is 41.7. The summed E-state index contributed by atoms with van der Waals surface area (Å²) in [6, 6.07) is 15.1. The number of nitrogens with zero attached hydrogens (tertiary/aromatic N) is 2. The Bertz CT molecular complexity index is 1580. The average molecular weight is 621 g/mol. The van der Waals surface area contributed by atoms with Gasteiger partial charge in [-0.2, -0.15) is 4.98 Å². The van der Waals surface area contributed by atoms with Crippen molar-refractivity contribution < 1.29 is 22.7 Å². The van der Waals surface area contributed by atoms with Crippen molar-refractivity contribution in [3.05, 3.63) is 65.2 Å². The van der Waals surface area contributed by atoms with E-state index in [1.807, 2.05) is 58.0 Å². The van der Waals surface area contributed by atoms with Crippen LogP contribution in [-0.2, 0) is 14.8 Å². The van der Waals surface area contributed by atoms with Gasteiger partial charge in [-0.25, -0.2) is 22.9 Å². The normalized spacial score (nSPS) is 22.5. The minimum Gasteiger partial charge on any atom is -0.477 e. The number of alkyl carbamates (subject to hydrolysis) is 1. The van der Waals surface area contributed by atoms with Crippen LogP contribution in [0.25, 0.3) is 11.3 Å². The van der Waals surface area contributed by atoms with Crippen LogP contribution in [0.5, 0.6) is 5.88 Å². The molecule has 1 fully saturated rings. The third kappa shape index (κ3) is 7.34. The van der Waals surface area contributed by atoms with Crippen LogP contribution in [0, 0.1) is 37.5 Å². The van der Waals surface area contributed by atoms with Gasteiger partial charge in [-0.1, -0.05) is 44.2 Å². The lowest BCUT2D eigenvalue weighted by molar-refractivity contribution is 0.0851. The maximum absolute atomic E-state index is 13.7. The third-order valence-electron chi connectivity index (χ3n) is 8.60. The number of hydrogen-bond acceptors (Lipinski definition) is 7. The summed E-state index contributed by atoms with van der Waals surface area (Å²) in [4.78, 5) is 21.4. The first-order chi connectivity index (χ1) is 20.9. The summed E-state index contributed by atoms with van der Waals surface area (Å²) in [7, 11) is -3.98. The van der Waals surface area contributed by atoms with Crippen molar-refractivity contribution in [1.82, 2.24) is 15.3 Å². The van der Waals surface area contributed by atoms with Gasteiger partial charge in [-0.05, 0) is 99.5 Å². The first-order valence-corrected chi connectivity index (χ1v) is 17.0. The highest BCUT2D eigenvalue weighted by molar-refractivity contribution is 7.92. The number of benzene rings is 2. The van der Waals surface area contributed by atoms with Gasteiger partial charge in [0.1, 0.15) is 0 Å². The van der Waals surface area contributed by atoms with Crippen LogP contribution in [-0.4, -0.2) is 43.7 Å². The number of hydrogen-bond donors (Lipinski definition) is 2. The van der Waals surface area contributed by atoms with Crippen LogP contribution in [0.2, 0.25) is 0 Å². The van der Waals surface area contributed by atoms with E-state index in [2.05, 4.69) is 33.9 Å². The highest BCUT2D eigenvalue weighted by atomic mass is 32.2. The quantitative estimate of drug-likeness (QED) is 0.296. The molecule has 3 aromatic rings. The van der Waals surface area contributed by atoms with Crippen molar-refractivity contribution in [3.8, 4) is 17.1 Å². The zero-order valence-corrected chi connectivity index (χ0v) is 27.3. The SMILES string of the molecule is Cc1cccc(C)c1-c1cc2nc(n1)NS(=O)(=O)c1cccc(c1)C(C1CC(CNC(=O)OC(C)C)C1)[C@H](CC(C)C)CO2. The summed E-state index contributed by atoms with van der Waals surface area (Å²) in [5, 5.41) is 2.90. The zero-order chi connectivity index (χ0) is 31.6. The standard InChI is InChI=1S/C34H44N4O5S/c1-20(2)13-27-19-42-30-17-29(31-22(5)9-7-10-23(31)6)36-33(37-30)38-44(40,41)28-12-8-11-25(16-28)32(27)26-14-24(15-26)18-35-34(39)43-21(3)4/h7-12,16-17,20-21,24,26-27,32H,13-15,18-19H2,1-6H3,(H,35,39)(H,36,37,38)/t24?,26?,27-,32?/m1/s1. The van der Waals surface area contributed by atoms with Gasteiger partial charge in [0.15, 0.2) is 0 Å². The molecule has 2 N–H and O–H groups in total. The van der Waals surface area contributed by atoms with Crippen LogP contribution >= 0.6 is 0 Å². The molecule has 0 saturated heterocycles. The van der Waals surface area contributed by atoms with E-state index in [1.165, 1.54) is 0 Å². The lowest BCUT2D eigenvalue weighted by atomic mass is 9.62. The Morgan fingerprint density at radius 2 is 1.75 bits per heavy atom. The fourth-order valence-electron chi connectivity index (χ4n) is 6.74. The average Bonchev–Trinajstić information content (AvgIpc) is 2.91. The van der Waals surface area contributed by atoms with Crippen molar-refractivity contribution in [2.75, 3.05) is 17.9 Å². The third-order valence-corrected chi connectivity index (χ3v) is 9.93. The second kappa shape index (κ2) is 13.1. The molecule has 2 aromatic carbocycles. The van der Waals surface area contributed by atoms with Gasteiger partial charge in [0.2, 0.25) is 11.8 Å². The molecule has 1 aromatic heterocycles. The number of sulfonamides is 1. The van der Waals surface area contributed by atoms with E-state index in [0.717, 1.165) is 41.5 Å². The second-order valence-corrected chi connectivity index (χ2v) is 14.7. The van der Waals surface area contributed by atoms with E-state index in [4.69, 9.17) is 9.47 Å². The molecule has 1 unspecified atom stereocenters. The van der Waals surface area contributed by atoms with E-state index >= 15 is 0 Å². The topological polar surface area (TPSA) is 120 Å². The number of amides is 1. The molecular weight excluding hydrogens is 576 g/mol. The van der Waals surface area contributed by atoms with Crippen molar-refractivity contribution in [2.24, 2.45) is 23.7 Å². The van der Waals surface area contributed by atoms with E-state index < -0.39 is 16.1 Å². The maximum Gasteiger partial charge on any atom is 0.407 e. The number of aromatic nitrogens is 2. The van der Waals surface area contributed by atoms with E-state index in [-0.39, 0.29) is 28.8 Å². The molecule has 5 rings (SSSR count). The van der Waals surface area contributed by atoms with Crippen LogP contribution in [0.3, 0.4) is 0 Å². The molecule has 4 bridgehead atoms. The number of carbonyl (C=O) groups excluding carboxylic acids is 1. The summed E-state index contributed by atoms with van der Waals surface area (Å²) in [6.45, 7) is 13.1. The second-order valence-electron chi connectivity index (χ2n) is 13.0. The van der Waals surface area contributed by atoms with Gasteiger partial charge >= 0.3 is 6.09 Å². The van der Waals surface area contributed by atoms with Crippen molar-refractivity contribution >= 4 is 22.1 Å². The minimum atomic E-state index is -3.98. The summed E-state index contributed by atoms with van der Waals surface area (Å²) >= 11 is 0. The highest BCUT2D eigenvalue weighted by Crippen LogP contribution is 2.48.